The van der Waals surface area contributed by atoms with Crippen LogP contribution in [0, 0.1) is 5.92 Å². The second-order valence-electron chi connectivity index (χ2n) is 5.64. The molecule has 0 radical (unpaired) electrons. The summed E-state index contributed by atoms with van der Waals surface area (Å²) >= 11 is 0. The van der Waals surface area contributed by atoms with Crippen LogP contribution in [0.4, 0.5) is 5.69 Å². The van der Waals surface area contributed by atoms with Crippen LogP contribution in [-0.2, 0) is 0 Å². The van der Waals surface area contributed by atoms with Gasteiger partial charge in [-0.1, -0.05) is 6.92 Å². The molecule has 3 heteroatoms. The molecule has 1 N–H and O–H groups in total. The first kappa shape index (κ1) is 13.3. The molecule has 0 saturated heterocycles. The van der Waals surface area contributed by atoms with Gasteiger partial charge in [0.1, 0.15) is 0 Å². The van der Waals surface area contributed by atoms with Gasteiger partial charge in [0.05, 0.1) is 23.7 Å². The number of hydrogen-bond donors (Lipinski definition) is 1. The number of nitrogens with zero attached hydrogens (tertiary/aromatic N) is 2. The Morgan fingerprint density at radius 1 is 1.28 bits per heavy atom. The largest absolute Gasteiger partial charge is 0.387 e. The maximum Gasteiger partial charge on any atom is 0.0931 e. The number of rotatable bonds is 3. The summed E-state index contributed by atoms with van der Waals surface area (Å²) in [5.41, 5.74) is 1.89. The van der Waals surface area contributed by atoms with Crippen LogP contribution in [0.2, 0.25) is 0 Å². The molecule has 1 saturated carbocycles. The second-order valence-corrected chi connectivity index (χ2v) is 5.64. The Morgan fingerprint density at radius 2 is 1.94 bits per heavy atom. The third-order valence-corrected chi connectivity index (χ3v) is 4.14. The number of aliphatic hydroxyl groups is 1. The van der Waals surface area contributed by atoms with Gasteiger partial charge in [-0.15, -0.1) is 0 Å². The van der Waals surface area contributed by atoms with Crippen molar-refractivity contribution in [2.75, 3.05) is 11.9 Å². The number of pyridine rings is 1. The first-order chi connectivity index (χ1) is 8.58. The van der Waals surface area contributed by atoms with E-state index >= 15 is 0 Å². The van der Waals surface area contributed by atoms with Crippen LogP contribution in [0.3, 0.4) is 0 Å². The molecule has 1 atom stereocenters. The van der Waals surface area contributed by atoms with Crippen molar-refractivity contribution in [1.29, 1.82) is 0 Å². The molecule has 3 nitrogen and oxygen atoms in total. The van der Waals surface area contributed by atoms with Crippen LogP contribution < -0.4 is 4.90 Å². The SMILES string of the molecule is CC1CCC(N(C)c2ccc(C(C)O)nc2)CC1. The molecule has 1 aliphatic carbocycles. The average Bonchev–Trinajstić information content (AvgIpc) is 2.39. The van der Waals surface area contributed by atoms with Crippen LogP contribution in [0.5, 0.6) is 0 Å². The van der Waals surface area contributed by atoms with Gasteiger partial charge in [-0.2, -0.15) is 0 Å². The molecule has 100 valence electrons. The number of aliphatic hydroxyl groups excluding tert-OH is 1. The quantitative estimate of drug-likeness (QED) is 0.892. The Hall–Kier alpha value is -1.09. The van der Waals surface area contributed by atoms with Crippen molar-refractivity contribution in [1.82, 2.24) is 4.98 Å². The molecule has 0 spiro atoms. The standard InChI is InChI=1S/C15H24N2O/c1-11-4-6-13(7-5-11)17(3)14-8-9-15(12(2)18)16-10-14/h8-13,18H,4-7H2,1-3H3. The summed E-state index contributed by atoms with van der Waals surface area (Å²) in [5, 5.41) is 9.45. The lowest BCUT2D eigenvalue weighted by molar-refractivity contribution is 0.194. The van der Waals surface area contributed by atoms with Gasteiger partial charge in [0.2, 0.25) is 0 Å². The van der Waals surface area contributed by atoms with Gasteiger partial charge < -0.3 is 10.0 Å². The highest BCUT2D eigenvalue weighted by atomic mass is 16.3. The molecule has 1 heterocycles. The number of hydrogen-bond acceptors (Lipinski definition) is 3. The zero-order valence-corrected chi connectivity index (χ0v) is 11.6. The van der Waals surface area contributed by atoms with Gasteiger partial charge in [-0.05, 0) is 50.7 Å². The maximum absolute atomic E-state index is 9.45. The smallest absolute Gasteiger partial charge is 0.0931 e. The van der Waals surface area contributed by atoms with Crippen molar-refractivity contribution in [2.24, 2.45) is 5.92 Å². The molecule has 1 unspecified atom stereocenters. The monoisotopic (exact) mass is 248 g/mol. The maximum atomic E-state index is 9.45. The minimum absolute atomic E-state index is 0.486. The van der Waals surface area contributed by atoms with E-state index in [4.69, 9.17) is 0 Å². The van der Waals surface area contributed by atoms with Crippen LogP contribution in [0.15, 0.2) is 18.3 Å². The summed E-state index contributed by atoms with van der Waals surface area (Å²) in [6.07, 6.45) is 6.59. The van der Waals surface area contributed by atoms with Crippen molar-refractivity contribution in [2.45, 2.75) is 51.7 Å². The van der Waals surface area contributed by atoms with E-state index in [0.29, 0.717) is 6.04 Å². The van der Waals surface area contributed by atoms with Crippen LogP contribution in [0.1, 0.15) is 51.3 Å². The summed E-state index contributed by atoms with van der Waals surface area (Å²) in [6.45, 7) is 4.09. The lowest BCUT2D eigenvalue weighted by Gasteiger charge is -2.35. The van der Waals surface area contributed by atoms with E-state index in [1.807, 2.05) is 12.3 Å². The van der Waals surface area contributed by atoms with Gasteiger partial charge in [-0.3, -0.25) is 4.98 Å². The van der Waals surface area contributed by atoms with E-state index < -0.39 is 6.10 Å². The average molecular weight is 248 g/mol. The first-order valence-electron chi connectivity index (χ1n) is 6.94. The summed E-state index contributed by atoms with van der Waals surface area (Å²) in [4.78, 5) is 6.66. The van der Waals surface area contributed by atoms with E-state index in [-0.39, 0.29) is 0 Å². The summed E-state index contributed by atoms with van der Waals surface area (Å²) in [5.74, 6) is 0.880. The molecule has 0 aliphatic heterocycles. The minimum atomic E-state index is -0.486. The van der Waals surface area contributed by atoms with Crippen LogP contribution in [-0.4, -0.2) is 23.2 Å². The predicted molar refractivity (Wildman–Crippen MR) is 74.7 cm³/mol. The Balaban J connectivity index is 2.02. The Bertz CT molecular complexity index is 367. The van der Waals surface area contributed by atoms with Crippen molar-refractivity contribution < 1.29 is 5.11 Å². The molecular formula is C15H24N2O. The van der Waals surface area contributed by atoms with Gasteiger partial charge in [-0.25, -0.2) is 0 Å². The zero-order chi connectivity index (χ0) is 13.1. The molecule has 1 aromatic rings. The Labute approximate surface area is 110 Å². The number of aromatic nitrogens is 1. The predicted octanol–water partition coefficient (Wildman–Crippen LogP) is 3.15. The molecular weight excluding hydrogens is 224 g/mol. The highest BCUT2D eigenvalue weighted by Crippen LogP contribution is 2.29. The first-order valence-corrected chi connectivity index (χ1v) is 6.94. The van der Waals surface area contributed by atoms with Crippen LogP contribution >= 0.6 is 0 Å². The zero-order valence-electron chi connectivity index (χ0n) is 11.6. The third kappa shape index (κ3) is 3.02. The molecule has 0 aromatic carbocycles. The lowest BCUT2D eigenvalue weighted by atomic mass is 9.86. The summed E-state index contributed by atoms with van der Waals surface area (Å²) in [6, 6.07) is 4.62. The fraction of sp³-hybridized carbons (Fsp3) is 0.667. The normalized spacial score (nSPS) is 25.8. The molecule has 1 aliphatic rings. The molecule has 2 rings (SSSR count). The van der Waals surface area contributed by atoms with E-state index in [2.05, 4.69) is 29.9 Å². The second kappa shape index (κ2) is 5.70. The highest BCUT2D eigenvalue weighted by molar-refractivity contribution is 5.45. The van der Waals surface area contributed by atoms with Crippen molar-refractivity contribution in [3.05, 3.63) is 24.0 Å². The van der Waals surface area contributed by atoms with E-state index in [1.165, 1.54) is 25.7 Å². The highest BCUT2D eigenvalue weighted by Gasteiger charge is 2.22. The molecule has 0 amide bonds. The molecule has 1 aromatic heterocycles. The van der Waals surface area contributed by atoms with Crippen molar-refractivity contribution in [3.8, 4) is 0 Å². The Morgan fingerprint density at radius 3 is 2.44 bits per heavy atom. The van der Waals surface area contributed by atoms with E-state index in [9.17, 15) is 5.11 Å². The van der Waals surface area contributed by atoms with Crippen LogP contribution in [0.25, 0.3) is 0 Å². The molecule has 1 fully saturated rings. The van der Waals surface area contributed by atoms with Gasteiger partial charge >= 0.3 is 0 Å². The fourth-order valence-electron chi connectivity index (χ4n) is 2.69. The van der Waals surface area contributed by atoms with Gasteiger partial charge in [0.15, 0.2) is 0 Å². The topological polar surface area (TPSA) is 36.4 Å². The molecule has 0 bridgehead atoms. The van der Waals surface area contributed by atoms with E-state index in [1.54, 1.807) is 6.92 Å². The summed E-state index contributed by atoms with van der Waals surface area (Å²) < 4.78 is 0. The van der Waals surface area contributed by atoms with Crippen molar-refractivity contribution in [3.63, 3.8) is 0 Å². The third-order valence-electron chi connectivity index (χ3n) is 4.14. The fourth-order valence-corrected chi connectivity index (χ4v) is 2.69. The number of anilines is 1. The lowest BCUT2D eigenvalue weighted by Crippen LogP contribution is -2.34. The Kier molecular flexibility index (Phi) is 4.23. The molecule has 18 heavy (non-hydrogen) atoms. The van der Waals surface area contributed by atoms with E-state index in [0.717, 1.165) is 17.3 Å². The van der Waals surface area contributed by atoms with Gasteiger partial charge in [0.25, 0.3) is 0 Å². The summed E-state index contributed by atoms with van der Waals surface area (Å²) in [7, 11) is 2.15. The van der Waals surface area contributed by atoms with Gasteiger partial charge in [0, 0.05) is 13.1 Å². The van der Waals surface area contributed by atoms with Crippen molar-refractivity contribution >= 4 is 5.69 Å². The minimum Gasteiger partial charge on any atom is -0.387 e.